The van der Waals surface area contributed by atoms with Gasteiger partial charge >= 0.3 is 0 Å². The van der Waals surface area contributed by atoms with Crippen molar-refractivity contribution >= 4 is 5.91 Å². The van der Waals surface area contributed by atoms with E-state index >= 15 is 0 Å². The van der Waals surface area contributed by atoms with Crippen molar-refractivity contribution in [2.24, 2.45) is 5.92 Å². The first-order valence-corrected chi connectivity index (χ1v) is 6.93. The number of nitrogens with one attached hydrogen (secondary N) is 1. The molecule has 96 valence electrons. The predicted molar refractivity (Wildman–Crippen MR) is 70.4 cm³/mol. The molecule has 2 heteroatoms. The highest BCUT2D eigenvalue weighted by atomic mass is 16.1. The zero-order chi connectivity index (χ0) is 12.4. The molecule has 0 aromatic carbocycles. The number of amides is 1. The molecule has 1 N–H and O–H groups in total. The Balaban J connectivity index is 3.70. The lowest BCUT2D eigenvalue weighted by Crippen LogP contribution is -2.32. The lowest BCUT2D eigenvalue weighted by molar-refractivity contribution is -0.122. The molecule has 0 rings (SSSR count). The third kappa shape index (κ3) is 7.72. The van der Waals surface area contributed by atoms with Crippen LogP contribution in [0.5, 0.6) is 0 Å². The van der Waals surface area contributed by atoms with E-state index in [-0.39, 0.29) is 5.91 Å². The summed E-state index contributed by atoms with van der Waals surface area (Å²) in [5.74, 6) is 0.965. The largest absolute Gasteiger partial charge is 0.354 e. The molecule has 0 saturated carbocycles. The first kappa shape index (κ1) is 15.5. The fourth-order valence-corrected chi connectivity index (χ4v) is 2.15. The average Bonchev–Trinajstić information content (AvgIpc) is 2.24. The molecule has 0 aliphatic carbocycles. The molecule has 0 spiro atoms. The molecule has 0 saturated heterocycles. The van der Waals surface area contributed by atoms with Crippen molar-refractivity contribution in [3.05, 3.63) is 0 Å². The molecular weight excluding hydrogens is 198 g/mol. The van der Waals surface area contributed by atoms with Gasteiger partial charge in [-0.2, -0.15) is 0 Å². The van der Waals surface area contributed by atoms with Crippen molar-refractivity contribution < 1.29 is 4.79 Å². The van der Waals surface area contributed by atoms with E-state index < -0.39 is 0 Å². The molecule has 16 heavy (non-hydrogen) atoms. The van der Waals surface area contributed by atoms with Crippen LogP contribution in [0.25, 0.3) is 0 Å². The van der Waals surface area contributed by atoms with Crippen molar-refractivity contribution in [2.45, 2.75) is 78.7 Å². The highest BCUT2D eigenvalue weighted by molar-refractivity contribution is 5.76. The van der Waals surface area contributed by atoms with E-state index in [1.54, 1.807) is 0 Å². The summed E-state index contributed by atoms with van der Waals surface area (Å²) < 4.78 is 0. The Labute approximate surface area is 101 Å². The van der Waals surface area contributed by atoms with Crippen LogP contribution in [0, 0.1) is 5.92 Å². The lowest BCUT2D eigenvalue weighted by atomic mass is 9.95. The molecule has 0 aliphatic rings. The zero-order valence-electron chi connectivity index (χ0n) is 11.5. The van der Waals surface area contributed by atoms with Crippen LogP contribution >= 0.6 is 0 Å². The van der Waals surface area contributed by atoms with Crippen LogP contribution in [0.2, 0.25) is 0 Å². The van der Waals surface area contributed by atoms with E-state index in [9.17, 15) is 4.79 Å². The number of rotatable bonds is 9. The molecule has 0 heterocycles. The predicted octanol–water partition coefficient (Wildman–Crippen LogP) is 3.90. The van der Waals surface area contributed by atoms with Gasteiger partial charge in [0.15, 0.2) is 0 Å². The molecule has 0 aromatic heterocycles. The first-order chi connectivity index (χ1) is 7.63. The Hall–Kier alpha value is -0.530. The molecular formula is C14H29NO. The van der Waals surface area contributed by atoms with Gasteiger partial charge in [0.25, 0.3) is 0 Å². The van der Waals surface area contributed by atoms with Crippen LogP contribution in [0.3, 0.4) is 0 Å². The number of carbonyl (C=O) groups excluding carboxylic acids is 1. The summed E-state index contributed by atoms with van der Waals surface area (Å²) in [7, 11) is 0. The van der Waals surface area contributed by atoms with Crippen molar-refractivity contribution in [3.63, 3.8) is 0 Å². The second kappa shape index (κ2) is 9.68. The van der Waals surface area contributed by atoms with Gasteiger partial charge < -0.3 is 5.32 Å². The van der Waals surface area contributed by atoms with Gasteiger partial charge in [0.2, 0.25) is 5.91 Å². The molecule has 2 atom stereocenters. The second-order valence-electron chi connectivity index (χ2n) is 4.86. The average molecular weight is 227 g/mol. The SMILES string of the molecule is CCCC(CC)CCC(=O)NC(C)CCC. The van der Waals surface area contributed by atoms with Gasteiger partial charge in [0, 0.05) is 12.5 Å². The highest BCUT2D eigenvalue weighted by Crippen LogP contribution is 2.16. The Bertz CT molecular complexity index is 180. The summed E-state index contributed by atoms with van der Waals surface area (Å²) in [5, 5.41) is 3.06. The van der Waals surface area contributed by atoms with Crippen LogP contribution in [-0.4, -0.2) is 11.9 Å². The van der Waals surface area contributed by atoms with Crippen molar-refractivity contribution in [3.8, 4) is 0 Å². The summed E-state index contributed by atoms with van der Waals surface area (Å²) in [5.41, 5.74) is 0. The Morgan fingerprint density at radius 3 is 2.19 bits per heavy atom. The van der Waals surface area contributed by atoms with Gasteiger partial charge in [0.1, 0.15) is 0 Å². The van der Waals surface area contributed by atoms with E-state index in [1.807, 2.05) is 0 Å². The van der Waals surface area contributed by atoms with E-state index in [2.05, 4.69) is 33.0 Å². The number of carbonyl (C=O) groups is 1. The smallest absolute Gasteiger partial charge is 0.220 e. The summed E-state index contributed by atoms with van der Waals surface area (Å²) in [6, 6.07) is 0.337. The van der Waals surface area contributed by atoms with Gasteiger partial charge in [-0.05, 0) is 25.7 Å². The van der Waals surface area contributed by atoms with E-state index in [0.717, 1.165) is 25.2 Å². The van der Waals surface area contributed by atoms with E-state index in [0.29, 0.717) is 12.5 Å². The quantitative estimate of drug-likeness (QED) is 0.636. The molecule has 1 amide bonds. The third-order valence-electron chi connectivity index (χ3n) is 3.18. The standard InChI is InChI=1S/C14H29NO/c1-5-8-12(4)15-14(16)11-10-13(7-3)9-6-2/h12-13H,5-11H2,1-4H3,(H,15,16). The minimum atomic E-state index is 0.232. The fourth-order valence-electron chi connectivity index (χ4n) is 2.15. The third-order valence-corrected chi connectivity index (χ3v) is 3.18. The van der Waals surface area contributed by atoms with Gasteiger partial charge in [-0.1, -0.05) is 46.5 Å². The number of hydrogen-bond acceptors (Lipinski definition) is 1. The minimum Gasteiger partial charge on any atom is -0.354 e. The van der Waals surface area contributed by atoms with Crippen LogP contribution < -0.4 is 5.32 Å². The van der Waals surface area contributed by atoms with Gasteiger partial charge in [0.05, 0.1) is 0 Å². The maximum absolute atomic E-state index is 11.6. The maximum Gasteiger partial charge on any atom is 0.220 e. The van der Waals surface area contributed by atoms with E-state index in [1.165, 1.54) is 19.3 Å². The Morgan fingerprint density at radius 2 is 1.69 bits per heavy atom. The summed E-state index contributed by atoms with van der Waals surface area (Å²) in [4.78, 5) is 11.6. The van der Waals surface area contributed by atoms with Crippen molar-refractivity contribution in [2.75, 3.05) is 0 Å². The van der Waals surface area contributed by atoms with Crippen LogP contribution in [0.1, 0.15) is 72.6 Å². The van der Waals surface area contributed by atoms with Crippen LogP contribution in [0.15, 0.2) is 0 Å². The lowest BCUT2D eigenvalue weighted by Gasteiger charge is -2.15. The summed E-state index contributed by atoms with van der Waals surface area (Å²) >= 11 is 0. The van der Waals surface area contributed by atoms with E-state index in [4.69, 9.17) is 0 Å². The monoisotopic (exact) mass is 227 g/mol. The molecule has 0 bridgehead atoms. The molecule has 2 nitrogen and oxygen atoms in total. The molecule has 0 fully saturated rings. The highest BCUT2D eigenvalue weighted by Gasteiger charge is 2.10. The number of hydrogen-bond donors (Lipinski definition) is 1. The molecule has 2 unspecified atom stereocenters. The van der Waals surface area contributed by atoms with Gasteiger partial charge in [-0.15, -0.1) is 0 Å². The Kier molecular flexibility index (Phi) is 9.36. The molecule has 0 aliphatic heterocycles. The first-order valence-electron chi connectivity index (χ1n) is 6.93. The molecule has 0 aromatic rings. The summed E-state index contributed by atoms with van der Waals surface area (Å²) in [6.07, 6.45) is 7.65. The zero-order valence-corrected chi connectivity index (χ0v) is 11.5. The second-order valence-corrected chi connectivity index (χ2v) is 4.86. The Morgan fingerprint density at radius 1 is 1.06 bits per heavy atom. The maximum atomic E-state index is 11.6. The van der Waals surface area contributed by atoms with Crippen LogP contribution in [0.4, 0.5) is 0 Å². The van der Waals surface area contributed by atoms with Crippen molar-refractivity contribution in [1.29, 1.82) is 0 Å². The minimum absolute atomic E-state index is 0.232. The topological polar surface area (TPSA) is 29.1 Å². The fraction of sp³-hybridized carbons (Fsp3) is 0.929. The molecule has 0 radical (unpaired) electrons. The normalized spacial score (nSPS) is 14.5. The van der Waals surface area contributed by atoms with Crippen molar-refractivity contribution in [1.82, 2.24) is 5.32 Å². The summed E-state index contributed by atoms with van der Waals surface area (Å²) in [6.45, 7) is 8.67. The van der Waals surface area contributed by atoms with Gasteiger partial charge in [-0.3, -0.25) is 4.79 Å². The van der Waals surface area contributed by atoms with Gasteiger partial charge in [-0.25, -0.2) is 0 Å². The van der Waals surface area contributed by atoms with Crippen LogP contribution in [-0.2, 0) is 4.79 Å².